The summed E-state index contributed by atoms with van der Waals surface area (Å²) < 4.78 is 47.2. The van der Waals surface area contributed by atoms with E-state index in [1.54, 1.807) is 26.0 Å². The Bertz CT molecular complexity index is 822. The lowest BCUT2D eigenvalue weighted by molar-refractivity contribution is -0.165. The molecule has 0 saturated carbocycles. The van der Waals surface area contributed by atoms with E-state index in [-0.39, 0.29) is 24.0 Å². The molecule has 0 radical (unpaired) electrons. The van der Waals surface area contributed by atoms with Crippen molar-refractivity contribution in [3.8, 4) is 0 Å². The van der Waals surface area contributed by atoms with E-state index in [0.29, 0.717) is 11.7 Å². The van der Waals surface area contributed by atoms with Gasteiger partial charge >= 0.3 is 6.18 Å². The minimum Gasteiger partial charge on any atom is -0.470 e. The van der Waals surface area contributed by atoms with Crippen LogP contribution in [0.2, 0.25) is 0 Å². The summed E-state index contributed by atoms with van der Waals surface area (Å²) in [7, 11) is 0. The highest BCUT2D eigenvalue weighted by Gasteiger charge is 2.41. The molecule has 0 spiro atoms. The molecular formula is C20H25F3N4O3. The number of rotatable bonds is 7. The highest BCUT2D eigenvalue weighted by atomic mass is 19.4. The third-order valence-electron chi connectivity index (χ3n) is 4.64. The van der Waals surface area contributed by atoms with Crippen molar-refractivity contribution in [3.05, 3.63) is 41.8 Å². The third-order valence-corrected chi connectivity index (χ3v) is 4.64. The Labute approximate surface area is 172 Å². The number of benzene rings is 1. The van der Waals surface area contributed by atoms with Crippen LogP contribution in [0.15, 0.2) is 41.2 Å². The minimum absolute atomic E-state index is 0.0138. The monoisotopic (exact) mass is 426 g/mol. The van der Waals surface area contributed by atoms with E-state index < -0.39 is 24.6 Å². The van der Waals surface area contributed by atoms with Crippen molar-refractivity contribution < 1.29 is 27.4 Å². The topological polar surface area (TPSA) is 98.0 Å². The summed E-state index contributed by atoms with van der Waals surface area (Å²) >= 11 is 0. The van der Waals surface area contributed by atoms with Crippen molar-refractivity contribution in [1.82, 2.24) is 5.32 Å². The van der Waals surface area contributed by atoms with Crippen LogP contribution in [0.5, 0.6) is 0 Å². The maximum Gasteiger partial charge on any atom is 0.422 e. The van der Waals surface area contributed by atoms with Crippen LogP contribution in [0.3, 0.4) is 0 Å². The molecule has 2 saturated heterocycles. The van der Waals surface area contributed by atoms with Gasteiger partial charge in [-0.3, -0.25) is 9.79 Å². The predicted molar refractivity (Wildman–Crippen MR) is 106 cm³/mol. The average Bonchev–Trinajstić information content (AvgIpc) is 3.29. The molecule has 2 aliphatic heterocycles. The Kier molecular flexibility index (Phi) is 6.67. The molecule has 1 aromatic rings. The molecular weight excluding hydrogens is 401 g/mol. The van der Waals surface area contributed by atoms with E-state index in [9.17, 15) is 18.0 Å². The molecule has 0 aromatic heterocycles. The van der Waals surface area contributed by atoms with E-state index in [0.717, 1.165) is 24.6 Å². The number of carbonyl (C=O) groups excluding carboxylic acids is 1. The molecule has 1 amide bonds. The van der Waals surface area contributed by atoms with Gasteiger partial charge < -0.3 is 25.8 Å². The summed E-state index contributed by atoms with van der Waals surface area (Å²) in [5.41, 5.74) is 6.86. The quantitative estimate of drug-likeness (QED) is 0.460. The first kappa shape index (κ1) is 22.1. The van der Waals surface area contributed by atoms with E-state index >= 15 is 0 Å². The van der Waals surface area contributed by atoms with E-state index in [4.69, 9.17) is 10.5 Å². The third kappa shape index (κ3) is 5.96. The lowest BCUT2D eigenvalue weighted by Crippen LogP contribution is -2.34. The zero-order valence-corrected chi connectivity index (χ0v) is 16.7. The number of nitrogens with one attached hydrogen (secondary N) is 2. The first-order valence-electron chi connectivity index (χ1n) is 9.65. The van der Waals surface area contributed by atoms with Gasteiger partial charge in [0.1, 0.15) is 5.71 Å². The largest absolute Gasteiger partial charge is 0.470 e. The smallest absolute Gasteiger partial charge is 0.422 e. The van der Waals surface area contributed by atoms with Gasteiger partial charge in [-0.2, -0.15) is 13.2 Å². The molecule has 0 unspecified atom stereocenters. The van der Waals surface area contributed by atoms with E-state index in [2.05, 4.69) is 20.4 Å². The number of hydrogen-bond donors (Lipinski definition) is 3. The molecule has 4 N–H and O–H groups in total. The van der Waals surface area contributed by atoms with Gasteiger partial charge in [0.25, 0.3) is 5.91 Å². The first-order chi connectivity index (χ1) is 14.1. The number of morpholine rings is 1. The summed E-state index contributed by atoms with van der Waals surface area (Å²) in [5.74, 6) is -1.15. The van der Waals surface area contributed by atoms with Crippen molar-refractivity contribution in [1.29, 1.82) is 0 Å². The maximum atomic E-state index is 12.6. The lowest BCUT2D eigenvalue weighted by Gasteiger charge is -2.23. The highest BCUT2D eigenvalue weighted by molar-refractivity contribution is 6.47. The van der Waals surface area contributed by atoms with Crippen LogP contribution in [-0.4, -0.2) is 49.1 Å². The maximum absolute atomic E-state index is 12.6. The molecule has 7 nitrogen and oxygen atoms in total. The molecule has 3 atom stereocenters. The molecule has 2 aliphatic rings. The Morgan fingerprint density at radius 3 is 2.63 bits per heavy atom. The predicted octanol–water partition coefficient (Wildman–Crippen LogP) is 2.66. The first-order valence-corrected chi connectivity index (χ1v) is 9.65. The van der Waals surface area contributed by atoms with Crippen LogP contribution in [0, 0.1) is 0 Å². The number of nitrogens with zero attached hydrogens (tertiary/aromatic N) is 1. The van der Waals surface area contributed by atoms with Crippen LogP contribution in [0.1, 0.15) is 31.9 Å². The number of nitrogens with two attached hydrogens (primary N) is 1. The molecule has 2 heterocycles. The van der Waals surface area contributed by atoms with Gasteiger partial charge in [-0.25, -0.2) is 0 Å². The van der Waals surface area contributed by atoms with Crippen molar-refractivity contribution in [2.75, 3.05) is 18.5 Å². The van der Waals surface area contributed by atoms with Crippen LogP contribution in [0.4, 0.5) is 18.9 Å². The fourth-order valence-electron chi connectivity index (χ4n) is 3.41. The van der Waals surface area contributed by atoms with E-state index in [1.165, 1.54) is 0 Å². The second-order valence-electron chi connectivity index (χ2n) is 7.56. The number of alkyl halides is 3. The van der Waals surface area contributed by atoms with Gasteiger partial charge in [-0.1, -0.05) is 12.1 Å². The van der Waals surface area contributed by atoms with Crippen molar-refractivity contribution in [2.45, 2.75) is 50.7 Å². The van der Waals surface area contributed by atoms with Gasteiger partial charge in [0.15, 0.2) is 12.5 Å². The second kappa shape index (κ2) is 9.05. The second-order valence-corrected chi connectivity index (χ2v) is 7.56. The van der Waals surface area contributed by atoms with Crippen molar-refractivity contribution in [3.63, 3.8) is 0 Å². The van der Waals surface area contributed by atoms with Gasteiger partial charge in [0.05, 0.1) is 12.2 Å². The number of fused-ring (bicyclic) bond motifs is 2. The summed E-state index contributed by atoms with van der Waals surface area (Å²) in [5, 5.41) is 6.08. The molecule has 30 heavy (non-hydrogen) atoms. The Balaban J connectivity index is 1.65. The average molecular weight is 426 g/mol. The van der Waals surface area contributed by atoms with Crippen LogP contribution >= 0.6 is 0 Å². The standard InChI is InChI=1S/C20H25F3N4O3/c1-11(2)26-16(8-17(24)29-10-20(21,22)23)19(28)27-13-5-3-12(4-6-13)18-15-7-14(30-18)9-25-15/h3-6,8,11,14-15,18,25H,7,9-10,24H2,1-2H3,(H,27,28)/b17-8+,26-16?/t14-,15-,18+/m1/s1. The van der Waals surface area contributed by atoms with Gasteiger partial charge in [0, 0.05) is 30.4 Å². The number of amides is 1. The number of halogens is 3. The van der Waals surface area contributed by atoms with Gasteiger partial charge in [-0.15, -0.1) is 0 Å². The molecule has 2 fully saturated rings. The molecule has 164 valence electrons. The molecule has 0 aliphatic carbocycles. The fraction of sp³-hybridized carbons (Fsp3) is 0.500. The number of anilines is 1. The van der Waals surface area contributed by atoms with E-state index in [1.807, 2.05) is 12.1 Å². The van der Waals surface area contributed by atoms with Gasteiger partial charge in [0.2, 0.25) is 0 Å². The van der Waals surface area contributed by atoms with Crippen LogP contribution in [-0.2, 0) is 14.3 Å². The normalized spacial score (nSPS) is 24.4. The summed E-state index contributed by atoms with van der Waals surface area (Å²) in [6.45, 7) is 2.78. The number of ether oxygens (including phenoxy) is 2. The zero-order chi connectivity index (χ0) is 21.9. The minimum atomic E-state index is -4.53. The molecule has 10 heteroatoms. The number of hydrogen-bond acceptors (Lipinski definition) is 6. The SMILES string of the molecule is CC(C)N=C(/C=C(\N)OCC(F)(F)F)C(=O)Nc1ccc([C@@H]2O[C@H]3CN[C@@H]2C3)cc1. The Morgan fingerprint density at radius 2 is 2.10 bits per heavy atom. The number of aliphatic imine (C=N–C) groups is 1. The van der Waals surface area contributed by atoms with Crippen LogP contribution < -0.4 is 16.4 Å². The lowest BCUT2D eigenvalue weighted by atomic mass is 10.0. The number of carbonyl (C=O) groups is 1. The Morgan fingerprint density at radius 1 is 1.40 bits per heavy atom. The van der Waals surface area contributed by atoms with Crippen molar-refractivity contribution >= 4 is 17.3 Å². The Hall–Kier alpha value is -2.59. The van der Waals surface area contributed by atoms with Gasteiger partial charge in [-0.05, 0) is 38.0 Å². The zero-order valence-electron chi connectivity index (χ0n) is 16.7. The summed E-state index contributed by atoms with van der Waals surface area (Å²) in [4.78, 5) is 16.7. The van der Waals surface area contributed by atoms with Crippen LogP contribution in [0.25, 0.3) is 0 Å². The molecule has 2 bridgehead atoms. The molecule has 1 aromatic carbocycles. The summed E-state index contributed by atoms with van der Waals surface area (Å²) in [6.07, 6.45) is -2.33. The fourth-order valence-corrected chi connectivity index (χ4v) is 3.41. The summed E-state index contributed by atoms with van der Waals surface area (Å²) in [6, 6.07) is 7.25. The highest BCUT2D eigenvalue weighted by Crippen LogP contribution is 2.37. The van der Waals surface area contributed by atoms with Crippen molar-refractivity contribution in [2.24, 2.45) is 10.7 Å². The molecule has 3 rings (SSSR count).